The van der Waals surface area contributed by atoms with Crippen LogP contribution in [0, 0.1) is 0 Å². The lowest BCUT2D eigenvalue weighted by Crippen LogP contribution is -2.43. The molecule has 1 unspecified atom stereocenters. The first-order valence-corrected chi connectivity index (χ1v) is 9.74. The average Bonchev–Trinajstić information content (AvgIpc) is 3.28. The Hall–Kier alpha value is -1.62. The smallest absolute Gasteiger partial charge is 0.191 e. The van der Waals surface area contributed by atoms with Gasteiger partial charge < -0.3 is 15.5 Å². The highest BCUT2D eigenvalue weighted by molar-refractivity contribution is 8.00. The summed E-state index contributed by atoms with van der Waals surface area (Å²) in [6, 6.07) is 8.80. The molecule has 2 aliphatic heterocycles. The predicted octanol–water partition coefficient (Wildman–Crippen LogP) is 3.01. The summed E-state index contributed by atoms with van der Waals surface area (Å²) in [5, 5.41) is 6.90. The largest absolute Gasteiger partial charge is 0.364 e. The Labute approximate surface area is 149 Å². The molecule has 2 aliphatic rings. The Morgan fingerprint density at radius 3 is 2.58 bits per heavy atom. The monoisotopic (exact) mass is 344 g/mol. The molecule has 2 heterocycles. The van der Waals surface area contributed by atoms with Crippen LogP contribution >= 0.6 is 11.8 Å². The molecule has 130 valence electrons. The number of nitrogens with zero attached hydrogens (tertiary/aromatic N) is 2. The van der Waals surface area contributed by atoms with Crippen molar-refractivity contribution in [2.24, 2.45) is 4.99 Å². The highest BCUT2D eigenvalue weighted by Gasteiger charge is 2.29. The van der Waals surface area contributed by atoms with Crippen LogP contribution in [0.15, 0.2) is 41.4 Å². The van der Waals surface area contributed by atoms with Crippen LogP contribution < -0.4 is 15.5 Å². The predicted molar refractivity (Wildman–Crippen MR) is 106 cm³/mol. The zero-order valence-electron chi connectivity index (χ0n) is 14.7. The normalized spacial score (nSPS) is 23.8. The van der Waals surface area contributed by atoms with Crippen molar-refractivity contribution in [1.82, 2.24) is 10.6 Å². The van der Waals surface area contributed by atoms with E-state index in [0.717, 1.165) is 32.1 Å². The van der Waals surface area contributed by atoms with E-state index in [4.69, 9.17) is 0 Å². The maximum atomic E-state index is 4.34. The van der Waals surface area contributed by atoms with Crippen molar-refractivity contribution >= 4 is 23.4 Å². The van der Waals surface area contributed by atoms with Gasteiger partial charge in [-0.3, -0.25) is 4.99 Å². The van der Waals surface area contributed by atoms with Gasteiger partial charge in [0.15, 0.2) is 5.96 Å². The van der Waals surface area contributed by atoms with Crippen LogP contribution in [-0.2, 0) is 6.54 Å². The lowest BCUT2D eigenvalue weighted by molar-refractivity contribution is 0.584. The van der Waals surface area contributed by atoms with E-state index in [0.29, 0.717) is 4.75 Å². The third kappa shape index (κ3) is 4.47. The van der Waals surface area contributed by atoms with Crippen molar-refractivity contribution in [2.45, 2.75) is 31.1 Å². The molecule has 0 aliphatic carbocycles. The van der Waals surface area contributed by atoms with Crippen LogP contribution in [-0.4, -0.2) is 43.1 Å². The summed E-state index contributed by atoms with van der Waals surface area (Å²) in [6.07, 6.45) is 7.05. The summed E-state index contributed by atoms with van der Waals surface area (Å²) in [6.45, 7) is 6.15. The highest BCUT2D eigenvalue weighted by Crippen LogP contribution is 2.36. The van der Waals surface area contributed by atoms with Crippen molar-refractivity contribution in [3.05, 3.63) is 42.0 Å². The van der Waals surface area contributed by atoms with E-state index in [1.807, 2.05) is 7.05 Å². The number of nitrogens with one attached hydrogen (secondary N) is 2. The molecular formula is C19H28N4S. The molecule has 0 spiro atoms. The van der Waals surface area contributed by atoms with Gasteiger partial charge in [0, 0.05) is 43.7 Å². The molecule has 1 atom stereocenters. The van der Waals surface area contributed by atoms with Gasteiger partial charge in [0.1, 0.15) is 0 Å². The van der Waals surface area contributed by atoms with Gasteiger partial charge in [-0.25, -0.2) is 0 Å². The quantitative estimate of drug-likeness (QED) is 0.489. The molecular weight excluding hydrogens is 316 g/mol. The van der Waals surface area contributed by atoms with E-state index in [-0.39, 0.29) is 0 Å². The van der Waals surface area contributed by atoms with E-state index in [1.54, 1.807) is 0 Å². The number of hydrogen-bond acceptors (Lipinski definition) is 3. The minimum Gasteiger partial charge on any atom is -0.364 e. The Morgan fingerprint density at radius 1 is 1.21 bits per heavy atom. The molecule has 24 heavy (non-hydrogen) atoms. The van der Waals surface area contributed by atoms with Gasteiger partial charge in [-0.15, -0.1) is 0 Å². The fourth-order valence-corrected chi connectivity index (χ4v) is 4.41. The Morgan fingerprint density at radius 2 is 1.96 bits per heavy atom. The summed E-state index contributed by atoms with van der Waals surface area (Å²) < 4.78 is 0.350. The fourth-order valence-electron chi connectivity index (χ4n) is 3.17. The average molecular weight is 345 g/mol. The summed E-state index contributed by atoms with van der Waals surface area (Å²) in [5.74, 6) is 2.17. The second kappa shape index (κ2) is 7.97. The van der Waals surface area contributed by atoms with Crippen LogP contribution in [0.1, 0.15) is 25.3 Å². The second-order valence-corrected chi connectivity index (χ2v) is 8.41. The number of benzene rings is 1. The standard InChI is InChI=1S/C19H28N4S/c1-19(10-5-13-24-19)15-22-18(20-2)21-14-16-6-8-17(9-7-16)23-11-3-4-12-23/h3-4,6-9H,5,10-15H2,1-2H3,(H2,20,21,22). The summed E-state index contributed by atoms with van der Waals surface area (Å²) >= 11 is 2.07. The molecule has 5 heteroatoms. The second-order valence-electron chi connectivity index (χ2n) is 6.72. The minimum absolute atomic E-state index is 0.350. The van der Waals surface area contributed by atoms with Gasteiger partial charge >= 0.3 is 0 Å². The number of hydrogen-bond donors (Lipinski definition) is 2. The maximum absolute atomic E-state index is 4.34. The van der Waals surface area contributed by atoms with Crippen molar-refractivity contribution in [3.8, 4) is 0 Å². The van der Waals surface area contributed by atoms with Gasteiger partial charge in [-0.2, -0.15) is 11.8 Å². The van der Waals surface area contributed by atoms with E-state index >= 15 is 0 Å². The molecule has 4 nitrogen and oxygen atoms in total. The molecule has 2 N–H and O–H groups in total. The molecule has 3 rings (SSSR count). The first kappa shape index (κ1) is 17.2. The third-order valence-corrected chi connectivity index (χ3v) is 6.27. The Kier molecular flexibility index (Phi) is 5.72. The number of aliphatic imine (C=N–C) groups is 1. The lowest BCUT2D eigenvalue weighted by atomic mass is 10.1. The Bertz CT molecular complexity index is 580. The van der Waals surface area contributed by atoms with Crippen molar-refractivity contribution in [3.63, 3.8) is 0 Å². The molecule has 0 amide bonds. The third-order valence-electron chi connectivity index (χ3n) is 4.73. The Balaban J connectivity index is 1.46. The van der Waals surface area contributed by atoms with Crippen LogP contribution in [0.4, 0.5) is 5.69 Å². The molecule has 0 radical (unpaired) electrons. The molecule has 0 bridgehead atoms. The number of guanidine groups is 1. The van der Waals surface area contributed by atoms with Gasteiger partial charge in [-0.05, 0) is 43.2 Å². The fraction of sp³-hybridized carbons (Fsp3) is 0.526. The minimum atomic E-state index is 0.350. The van der Waals surface area contributed by atoms with Gasteiger partial charge in [0.2, 0.25) is 0 Å². The summed E-state index contributed by atoms with van der Waals surface area (Å²) in [4.78, 5) is 6.70. The van der Waals surface area contributed by atoms with Crippen molar-refractivity contribution in [2.75, 3.05) is 37.3 Å². The van der Waals surface area contributed by atoms with Crippen LogP contribution in [0.5, 0.6) is 0 Å². The molecule has 0 saturated carbocycles. The lowest BCUT2D eigenvalue weighted by Gasteiger charge is -2.24. The first-order valence-electron chi connectivity index (χ1n) is 8.76. The summed E-state index contributed by atoms with van der Waals surface area (Å²) in [5.41, 5.74) is 2.56. The van der Waals surface area contributed by atoms with E-state index in [9.17, 15) is 0 Å². The van der Waals surface area contributed by atoms with Crippen molar-refractivity contribution in [1.29, 1.82) is 0 Å². The highest BCUT2D eigenvalue weighted by atomic mass is 32.2. The van der Waals surface area contributed by atoms with E-state index < -0.39 is 0 Å². The molecule has 1 aromatic rings. The molecule has 1 fully saturated rings. The van der Waals surface area contributed by atoms with Gasteiger partial charge in [0.05, 0.1) is 0 Å². The molecule has 1 aromatic carbocycles. The van der Waals surface area contributed by atoms with Crippen LogP contribution in [0.3, 0.4) is 0 Å². The van der Waals surface area contributed by atoms with Gasteiger partial charge in [0.25, 0.3) is 0 Å². The zero-order valence-corrected chi connectivity index (χ0v) is 15.5. The van der Waals surface area contributed by atoms with Crippen molar-refractivity contribution < 1.29 is 0 Å². The molecule has 0 aromatic heterocycles. The SMILES string of the molecule is CN=C(NCc1ccc(N2CC=CC2)cc1)NCC1(C)CCCS1. The van der Waals surface area contributed by atoms with E-state index in [1.165, 1.54) is 29.8 Å². The van der Waals surface area contributed by atoms with Gasteiger partial charge in [-0.1, -0.05) is 24.3 Å². The topological polar surface area (TPSA) is 39.7 Å². The van der Waals surface area contributed by atoms with E-state index in [2.05, 4.69) is 75.6 Å². The molecule has 1 saturated heterocycles. The number of anilines is 1. The zero-order chi connectivity index (χ0) is 16.8. The first-order chi connectivity index (χ1) is 11.7. The maximum Gasteiger partial charge on any atom is 0.191 e. The summed E-state index contributed by atoms with van der Waals surface area (Å²) in [7, 11) is 1.84. The van der Waals surface area contributed by atoms with Crippen LogP contribution in [0.2, 0.25) is 0 Å². The number of rotatable bonds is 5. The van der Waals surface area contributed by atoms with Crippen LogP contribution in [0.25, 0.3) is 0 Å². The number of thioether (sulfide) groups is 1.